The second-order valence-corrected chi connectivity index (χ2v) is 6.39. The normalized spacial score (nSPS) is 10.4. The molecule has 0 radical (unpaired) electrons. The molecule has 9 heteroatoms. The van der Waals surface area contributed by atoms with Crippen molar-refractivity contribution in [3.8, 4) is 17.1 Å². The molecule has 2 aromatic heterocycles. The lowest BCUT2D eigenvalue weighted by Crippen LogP contribution is -2.36. The van der Waals surface area contributed by atoms with Crippen LogP contribution in [0.4, 0.5) is 0 Å². The summed E-state index contributed by atoms with van der Waals surface area (Å²) in [5.74, 6) is 0.285. The lowest BCUT2D eigenvalue weighted by atomic mass is 10.2. The number of carbonyl (C=O) groups is 2. The number of likely N-dealkylation sites (N-methyl/N-ethyl adjacent to an activating group) is 1. The highest BCUT2D eigenvalue weighted by atomic mass is 32.2. The highest BCUT2D eigenvalue weighted by molar-refractivity contribution is 7.99. The number of nitrogens with one attached hydrogen (secondary N) is 2. The van der Waals surface area contributed by atoms with Crippen LogP contribution in [0.1, 0.15) is 0 Å². The quantitative estimate of drug-likeness (QED) is 0.597. The number of pyridine rings is 1. The van der Waals surface area contributed by atoms with Crippen molar-refractivity contribution in [1.29, 1.82) is 0 Å². The van der Waals surface area contributed by atoms with Crippen LogP contribution in [-0.2, 0) is 9.59 Å². The van der Waals surface area contributed by atoms with Gasteiger partial charge >= 0.3 is 0 Å². The molecule has 0 aliphatic rings. The van der Waals surface area contributed by atoms with E-state index < -0.39 is 0 Å². The Labute approximate surface area is 160 Å². The van der Waals surface area contributed by atoms with Crippen LogP contribution in [0.15, 0.2) is 60.0 Å². The molecule has 3 aromatic rings. The Hall–Kier alpha value is -3.20. The van der Waals surface area contributed by atoms with E-state index in [1.165, 1.54) is 18.8 Å². The molecule has 0 atom stereocenters. The van der Waals surface area contributed by atoms with Gasteiger partial charge in [-0.05, 0) is 24.3 Å². The van der Waals surface area contributed by atoms with E-state index in [9.17, 15) is 9.59 Å². The van der Waals surface area contributed by atoms with Gasteiger partial charge in [0.05, 0.1) is 12.3 Å². The standard InChI is InChI=1S/C18H18N6O2S/c1-19-15(25)11-21-16(26)12-27-18-23-22-17(13-7-9-20-10-8-13)24(18)14-5-3-2-4-6-14/h2-10H,11-12H2,1H3,(H,19,25)(H,21,26). The predicted molar refractivity (Wildman–Crippen MR) is 102 cm³/mol. The Bertz CT molecular complexity index is 914. The maximum absolute atomic E-state index is 12.0. The molecule has 0 bridgehead atoms. The smallest absolute Gasteiger partial charge is 0.239 e. The van der Waals surface area contributed by atoms with Gasteiger partial charge in [-0.3, -0.25) is 19.1 Å². The van der Waals surface area contributed by atoms with Crippen molar-refractivity contribution in [3.05, 3.63) is 54.9 Å². The summed E-state index contributed by atoms with van der Waals surface area (Å²) in [7, 11) is 1.52. The predicted octanol–water partition coefficient (Wildman–Crippen LogP) is 1.28. The SMILES string of the molecule is CNC(=O)CNC(=O)CSc1nnc(-c2ccncc2)n1-c1ccccc1. The fourth-order valence-corrected chi connectivity index (χ4v) is 3.09. The summed E-state index contributed by atoms with van der Waals surface area (Å²) in [5.41, 5.74) is 1.76. The van der Waals surface area contributed by atoms with Crippen LogP contribution < -0.4 is 10.6 Å². The van der Waals surface area contributed by atoms with Gasteiger partial charge in [0.25, 0.3) is 0 Å². The molecule has 1 aromatic carbocycles. The van der Waals surface area contributed by atoms with E-state index in [4.69, 9.17) is 0 Å². The summed E-state index contributed by atoms with van der Waals surface area (Å²) in [6.45, 7) is -0.0520. The number of carbonyl (C=O) groups excluding carboxylic acids is 2. The zero-order chi connectivity index (χ0) is 19.1. The molecular weight excluding hydrogens is 364 g/mol. The summed E-state index contributed by atoms with van der Waals surface area (Å²) < 4.78 is 1.89. The lowest BCUT2D eigenvalue weighted by molar-refractivity contribution is -0.124. The van der Waals surface area contributed by atoms with E-state index in [-0.39, 0.29) is 24.1 Å². The zero-order valence-corrected chi connectivity index (χ0v) is 15.4. The van der Waals surface area contributed by atoms with Crippen LogP contribution in [-0.4, -0.2) is 50.9 Å². The van der Waals surface area contributed by atoms with Gasteiger partial charge in [0.1, 0.15) is 0 Å². The number of rotatable bonds is 7. The second kappa shape index (κ2) is 8.95. The molecule has 27 heavy (non-hydrogen) atoms. The van der Waals surface area contributed by atoms with Crippen molar-refractivity contribution in [2.45, 2.75) is 5.16 Å². The fourth-order valence-electron chi connectivity index (χ4n) is 2.31. The first kappa shape index (κ1) is 18.6. The first-order valence-corrected chi connectivity index (χ1v) is 9.19. The highest BCUT2D eigenvalue weighted by Gasteiger charge is 2.17. The summed E-state index contributed by atoms with van der Waals surface area (Å²) in [5, 5.41) is 14.1. The summed E-state index contributed by atoms with van der Waals surface area (Å²) in [6, 6.07) is 13.4. The minimum absolute atomic E-state index is 0.0520. The number of amides is 2. The molecule has 0 aliphatic carbocycles. The third kappa shape index (κ3) is 4.70. The number of nitrogens with zero attached hydrogens (tertiary/aromatic N) is 4. The molecule has 3 rings (SSSR count). The van der Waals surface area contributed by atoms with Crippen LogP contribution in [0.2, 0.25) is 0 Å². The van der Waals surface area contributed by atoms with E-state index in [0.29, 0.717) is 11.0 Å². The van der Waals surface area contributed by atoms with Gasteiger partial charge in [0.15, 0.2) is 11.0 Å². The molecule has 0 spiro atoms. The molecule has 138 valence electrons. The first-order valence-electron chi connectivity index (χ1n) is 8.20. The molecule has 0 saturated heterocycles. The molecule has 2 amide bonds. The zero-order valence-electron chi connectivity index (χ0n) is 14.6. The summed E-state index contributed by atoms with van der Waals surface area (Å²) in [4.78, 5) is 27.2. The molecular formula is C18H18N6O2S. The van der Waals surface area contributed by atoms with Gasteiger partial charge in [-0.2, -0.15) is 0 Å². The van der Waals surface area contributed by atoms with Gasteiger partial charge < -0.3 is 10.6 Å². The van der Waals surface area contributed by atoms with Crippen molar-refractivity contribution in [3.63, 3.8) is 0 Å². The highest BCUT2D eigenvalue weighted by Crippen LogP contribution is 2.27. The largest absolute Gasteiger partial charge is 0.358 e. The van der Waals surface area contributed by atoms with Crippen LogP contribution in [0.3, 0.4) is 0 Å². The molecule has 0 aliphatic heterocycles. The Morgan fingerprint density at radius 2 is 1.78 bits per heavy atom. The third-order valence-electron chi connectivity index (χ3n) is 3.64. The van der Waals surface area contributed by atoms with Crippen LogP contribution in [0, 0.1) is 0 Å². The maximum Gasteiger partial charge on any atom is 0.239 e. The first-order chi connectivity index (χ1) is 13.2. The Balaban J connectivity index is 1.82. The Morgan fingerprint density at radius 3 is 2.48 bits per heavy atom. The molecule has 0 saturated carbocycles. The van der Waals surface area contributed by atoms with Crippen LogP contribution in [0.5, 0.6) is 0 Å². The number of hydrogen-bond donors (Lipinski definition) is 2. The molecule has 0 fully saturated rings. The fraction of sp³-hybridized carbons (Fsp3) is 0.167. The van der Waals surface area contributed by atoms with E-state index in [0.717, 1.165) is 11.3 Å². The van der Waals surface area contributed by atoms with Gasteiger partial charge in [-0.1, -0.05) is 30.0 Å². The summed E-state index contributed by atoms with van der Waals surface area (Å²) >= 11 is 1.25. The number of para-hydroxylation sites is 1. The van der Waals surface area contributed by atoms with Crippen molar-refractivity contribution < 1.29 is 9.59 Å². The second-order valence-electron chi connectivity index (χ2n) is 5.45. The Kier molecular flexibility index (Phi) is 6.16. The van der Waals surface area contributed by atoms with Crippen molar-refractivity contribution in [2.24, 2.45) is 0 Å². The lowest BCUT2D eigenvalue weighted by Gasteiger charge is -2.10. The minimum Gasteiger partial charge on any atom is -0.358 e. The van der Waals surface area contributed by atoms with Gasteiger partial charge in [-0.15, -0.1) is 10.2 Å². The monoisotopic (exact) mass is 382 g/mol. The number of thioether (sulfide) groups is 1. The molecule has 8 nitrogen and oxygen atoms in total. The van der Waals surface area contributed by atoms with Gasteiger partial charge in [-0.25, -0.2) is 0 Å². The van der Waals surface area contributed by atoms with E-state index in [2.05, 4.69) is 25.8 Å². The minimum atomic E-state index is -0.253. The van der Waals surface area contributed by atoms with Crippen LogP contribution >= 0.6 is 11.8 Å². The van der Waals surface area contributed by atoms with E-state index in [1.54, 1.807) is 12.4 Å². The van der Waals surface area contributed by atoms with E-state index >= 15 is 0 Å². The van der Waals surface area contributed by atoms with Crippen LogP contribution in [0.25, 0.3) is 17.1 Å². The van der Waals surface area contributed by atoms with Crippen molar-refractivity contribution in [1.82, 2.24) is 30.4 Å². The maximum atomic E-state index is 12.0. The average Bonchev–Trinajstić information content (AvgIpc) is 3.15. The summed E-state index contributed by atoms with van der Waals surface area (Å²) in [6.07, 6.45) is 3.39. The molecule has 2 N–H and O–H groups in total. The van der Waals surface area contributed by atoms with E-state index in [1.807, 2.05) is 47.0 Å². The number of hydrogen-bond acceptors (Lipinski definition) is 6. The van der Waals surface area contributed by atoms with Gasteiger partial charge in [0, 0.05) is 30.7 Å². The van der Waals surface area contributed by atoms with Gasteiger partial charge in [0.2, 0.25) is 11.8 Å². The number of benzene rings is 1. The topological polar surface area (TPSA) is 102 Å². The van der Waals surface area contributed by atoms with Crippen molar-refractivity contribution in [2.75, 3.05) is 19.3 Å². The average molecular weight is 382 g/mol. The molecule has 2 heterocycles. The Morgan fingerprint density at radius 1 is 1.04 bits per heavy atom. The van der Waals surface area contributed by atoms with Crippen molar-refractivity contribution >= 4 is 23.6 Å². The third-order valence-corrected chi connectivity index (χ3v) is 4.57. The number of aromatic nitrogens is 4. The molecule has 0 unspecified atom stereocenters.